The Hall–Kier alpha value is -0.530. The van der Waals surface area contributed by atoms with Crippen LogP contribution in [0.15, 0.2) is 0 Å². The molecule has 1 heterocycles. The first-order chi connectivity index (χ1) is 5.15. The van der Waals surface area contributed by atoms with E-state index in [-0.39, 0.29) is 18.0 Å². The number of ether oxygens (including phenoxy) is 1. The molecule has 0 aromatic rings. The molecule has 1 aliphatic rings. The average molecular weight is 156 g/mol. The first kappa shape index (κ1) is 8.57. The van der Waals surface area contributed by atoms with Gasteiger partial charge < -0.3 is 4.74 Å². The summed E-state index contributed by atoms with van der Waals surface area (Å²) in [6.45, 7) is 6.20. The third-order valence-electron chi connectivity index (χ3n) is 2.53. The van der Waals surface area contributed by atoms with Gasteiger partial charge >= 0.3 is 5.97 Å². The van der Waals surface area contributed by atoms with Gasteiger partial charge in [0.25, 0.3) is 0 Å². The second kappa shape index (κ2) is 3.24. The fraction of sp³-hybridized carbons (Fsp3) is 0.889. The van der Waals surface area contributed by atoms with Crippen LogP contribution in [0, 0.1) is 11.8 Å². The van der Waals surface area contributed by atoms with Crippen LogP contribution < -0.4 is 0 Å². The van der Waals surface area contributed by atoms with E-state index in [0.717, 1.165) is 12.8 Å². The van der Waals surface area contributed by atoms with Crippen molar-refractivity contribution in [2.45, 2.75) is 39.7 Å². The van der Waals surface area contributed by atoms with Gasteiger partial charge in [0.2, 0.25) is 0 Å². The van der Waals surface area contributed by atoms with Crippen molar-refractivity contribution in [3.8, 4) is 0 Å². The predicted octanol–water partition coefficient (Wildman–Crippen LogP) is 1.98. The molecule has 1 rings (SSSR count). The normalized spacial score (nSPS) is 33.5. The van der Waals surface area contributed by atoms with Crippen LogP contribution in [0.1, 0.15) is 33.6 Å². The third kappa shape index (κ3) is 1.73. The Morgan fingerprint density at radius 1 is 1.73 bits per heavy atom. The number of rotatable bonds is 2. The van der Waals surface area contributed by atoms with Crippen LogP contribution in [0.3, 0.4) is 0 Å². The van der Waals surface area contributed by atoms with Crippen LogP contribution >= 0.6 is 0 Å². The standard InChI is InChI=1S/C9H16O2/c1-4-6(2)8-5-7(3)9(10)11-8/h6-8H,4-5H2,1-3H3. The molecule has 11 heavy (non-hydrogen) atoms. The molecular formula is C9H16O2. The van der Waals surface area contributed by atoms with Crippen LogP contribution in [0.5, 0.6) is 0 Å². The van der Waals surface area contributed by atoms with Gasteiger partial charge in [0.1, 0.15) is 6.10 Å². The maximum atomic E-state index is 11.0. The smallest absolute Gasteiger partial charge is 0.309 e. The minimum absolute atomic E-state index is 0.0182. The number of hydrogen-bond acceptors (Lipinski definition) is 2. The van der Waals surface area contributed by atoms with Crippen molar-refractivity contribution in [3.63, 3.8) is 0 Å². The summed E-state index contributed by atoms with van der Waals surface area (Å²) < 4.78 is 5.19. The highest BCUT2D eigenvalue weighted by Crippen LogP contribution is 2.27. The highest BCUT2D eigenvalue weighted by molar-refractivity contribution is 5.74. The number of esters is 1. The monoisotopic (exact) mass is 156 g/mol. The van der Waals surface area contributed by atoms with Crippen LogP contribution in [-0.2, 0) is 9.53 Å². The zero-order valence-electron chi connectivity index (χ0n) is 7.46. The summed E-state index contributed by atoms with van der Waals surface area (Å²) in [6.07, 6.45) is 2.18. The molecule has 0 aromatic heterocycles. The molecule has 2 heteroatoms. The quantitative estimate of drug-likeness (QED) is 0.571. The highest BCUT2D eigenvalue weighted by atomic mass is 16.6. The van der Waals surface area contributed by atoms with E-state index in [1.54, 1.807) is 0 Å². The summed E-state index contributed by atoms with van der Waals surface area (Å²) in [7, 11) is 0. The molecule has 1 saturated heterocycles. The molecule has 0 spiro atoms. The second-order valence-corrected chi connectivity index (χ2v) is 3.50. The molecule has 0 aromatic carbocycles. The molecule has 0 N–H and O–H groups in total. The van der Waals surface area contributed by atoms with Crippen molar-refractivity contribution >= 4 is 5.97 Å². The van der Waals surface area contributed by atoms with Crippen LogP contribution in [0.25, 0.3) is 0 Å². The lowest BCUT2D eigenvalue weighted by atomic mass is 9.96. The number of hydrogen-bond donors (Lipinski definition) is 0. The largest absolute Gasteiger partial charge is 0.462 e. The molecule has 1 aliphatic heterocycles. The van der Waals surface area contributed by atoms with Gasteiger partial charge in [-0.25, -0.2) is 0 Å². The average Bonchev–Trinajstić information content (AvgIpc) is 2.31. The number of carbonyl (C=O) groups excluding carboxylic acids is 1. The van der Waals surface area contributed by atoms with Gasteiger partial charge in [0, 0.05) is 0 Å². The van der Waals surface area contributed by atoms with Crippen molar-refractivity contribution in [1.29, 1.82) is 0 Å². The Kier molecular flexibility index (Phi) is 2.53. The Bertz CT molecular complexity index is 154. The van der Waals surface area contributed by atoms with Crippen molar-refractivity contribution in [2.75, 3.05) is 0 Å². The van der Waals surface area contributed by atoms with Crippen molar-refractivity contribution in [2.24, 2.45) is 11.8 Å². The van der Waals surface area contributed by atoms with Gasteiger partial charge in [-0.3, -0.25) is 4.79 Å². The molecule has 0 saturated carbocycles. The number of cyclic esters (lactones) is 1. The van der Waals surface area contributed by atoms with Gasteiger partial charge in [-0.05, 0) is 12.3 Å². The fourth-order valence-electron chi connectivity index (χ4n) is 1.37. The molecule has 3 atom stereocenters. The maximum Gasteiger partial charge on any atom is 0.309 e. The second-order valence-electron chi connectivity index (χ2n) is 3.50. The topological polar surface area (TPSA) is 26.3 Å². The molecule has 1 fully saturated rings. The van der Waals surface area contributed by atoms with Gasteiger partial charge in [-0.2, -0.15) is 0 Å². The molecule has 2 nitrogen and oxygen atoms in total. The molecule has 0 amide bonds. The summed E-state index contributed by atoms with van der Waals surface area (Å²) >= 11 is 0. The molecular weight excluding hydrogens is 140 g/mol. The van der Waals surface area contributed by atoms with E-state index >= 15 is 0 Å². The lowest BCUT2D eigenvalue weighted by Crippen LogP contribution is -2.16. The Labute approximate surface area is 67.9 Å². The van der Waals surface area contributed by atoms with Gasteiger partial charge in [-0.15, -0.1) is 0 Å². The Morgan fingerprint density at radius 2 is 2.36 bits per heavy atom. The third-order valence-corrected chi connectivity index (χ3v) is 2.53. The summed E-state index contributed by atoms with van der Waals surface area (Å²) in [4.78, 5) is 11.0. The van der Waals surface area contributed by atoms with E-state index in [0.29, 0.717) is 5.92 Å². The Balaban J connectivity index is 2.46. The first-order valence-corrected chi connectivity index (χ1v) is 4.35. The summed E-state index contributed by atoms with van der Waals surface area (Å²) in [5.41, 5.74) is 0. The molecule has 3 unspecified atom stereocenters. The van der Waals surface area contributed by atoms with Crippen molar-refractivity contribution in [1.82, 2.24) is 0 Å². The molecule has 64 valence electrons. The van der Waals surface area contributed by atoms with E-state index in [1.165, 1.54) is 0 Å². The van der Waals surface area contributed by atoms with E-state index in [1.807, 2.05) is 6.92 Å². The first-order valence-electron chi connectivity index (χ1n) is 4.35. The lowest BCUT2D eigenvalue weighted by molar-refractivity contribution is -0.145. The SMILES string of the molecule is CCC(C)C1CC(C)C(=O)O1. The van der Waals surface area contributed by atoms with Gasteiger partial charge in [0.15, 0.2) is 0 Å². The molecule has 0 bridgehead atoms. The van der Waals surface area contributed by atoms with E-state index in [2.05, 4.69) is 13.8 Å². The fourth-order valence-corrected chi connectivity index (χ4v) is 1.37. The van der Waals surface area contributed by atoms with Gasteiger partial charge in [-0.1, -0.05) is 27.2 Å². The Morgan fingerprint density at radius 3 is 2.73 bits per heavy atom. The highest BCUT2D eigenvalue weighted by Gasteiger charge is 2.33. The zero-order chi connectivity index (χ0) is 8.43. The van der Waals surface area contributed by atoms with Crippen LogP contribution in [0.2, 0.25) is 0 Å². The van der Waals surface area contributed by atoms with Crippen LogP contribution in [-0.4, -0.2) is 12.1 Å². The summed E-state index contributed by atoms with van der Waals surface area (Å²) in [5.74, 6) is 0.619. The van der Waals surface area contributed by atoms with E-state index in [4.69, 9.17) is 4.74 Å². The lowest BCUT2D eigenvalue weighted by Gasteiger charge is -2.15. The predicted molar refractivity (Wildman–Crippen MR) is 43.1 cm³/mol. The minimum Gasteiger partial charge on any atom is -0.462 e. The van der Waals surface area contributed by atoms with Gasteiger partial charge in [0.05, 0.1) is 5.92 Å². The summed E-state index contributed by atoms with van der Waals surface area (Å²) in [5, 5.41) is 0. The maximum absolute atomic E-state index is 11.0. The minimum atomic E-state index is -0.0182. The number of carbonyl (C=O) groups is 1. The van der Waals surface area contributed by atoms with Crippen molar-refractivity contribution < 1.29 is 9.53 Å². The zero-order valence-corrected chi connectivity index (χ0v) is 7.46. The molecule has 0 radical (unpaired) electrons. The molecule has 0 aliphatic carbocycles. The summed E-state index contributed by atoms with van der Waals surface area (Å²) in [6, 6.07) is 0. The van der Waals surface area contributed by atoms with Crippen molar-refractivity contribution in [3.05, 3.63) is 0 Å². The van der Waals surface area contributed by atoms with Crippen LogP contribution in [0.4, 0.5) is 0 Å². The van der Waals surface area contributed by atoms with E-state index in [9.17, 15) is 4.79 Å². The van der Waals surface area contributed by atoms with E-state index < -0.39 is 0 Å².